The highest BCUT2D eigenvalue weighted by Crippen LogP contribution is 2.44. The van der Waals surface area contributed by atoms with Crippen molar-refractivity contribution in [1.29, 1.82) is 0 Å². The van der Waals surface area contributed by atoms with Crippen molar-refractivity contribution >= 4 is 17.8 Å². The number of aliphatic hydroxyl groups excluding tert-OH is 26. The number of carboxylic acids is 2. The SMILES string of the molecule is CC(=O)N[C@H]1[C@@H](O[C@@H]2[C@@H](O[C@@H]3[C@H](O)[C@@H](O[C@H]4[C@@H]([C@H](O)CO)O[C@@](O)(C(=O)O)C[C@H]4O[C@]4(C(=O)O)C[C@@H](O)[C@@H](O)[C@@H]([C@H](O)CO)O4)O[C@H]([C@@H](O)CO)[C@H]3O[C@@H]3O[C@H](CO)[C@@H](O[C@@H]4O[C@H](CO)[C@@H](O)[C@H](O)[C@H]4O)[C@H](O)[C@H]3O)O[C@H]([C@@H](O)CO)[C@@H](O)[C@@H]2O[C@H]2O[C@H](CO)[C@@H](O)[C@H](O)[C@H]2O)O[C@H](CO)[C@@H](O)[C@@H]1O. The fraction of sp³-hybridized carbons (Fsp3) is 0.946. The van der Waals surface area contributed by atoms with E-state index < -0.39 is 340 Å². The van der Waals surface area contributed by atoms with Gasteiger partial charge in [-0.1, -0.05) is 0 Å². The highest BCUT2D eigenvalue weighted by Gasteiger charge is 2.65. The van der Waals surface area contributed by atoms with E-state index in [0.717, 1.165) is 6.92 Å². The summed E-state index contributed by atoms with van der Waals surface area (Å²) in [5, 5.41) is 321. The standard InChI is InChI=1S/C56H93NO47/c1-12(66)57-23-28(76)25(73)19(8-62)90-47(23)101-46-43(98-49-33(81)30(78)27(75)21(10-64)92-49)35(83)37(14(68)4-58)94-52(46)99-44-36(84)51(95-39(16(70)6-60)45(44)100-50-34(82)31(79)41(22(11-65)93-50)96-48-32(80)29(77)26(74)20(9-63)91-48)97-42-18(3-55(89,53(85)86)103-40(42)17(71)7-61)102-56(54(87)88)2-13(67)24(72)38(104-56)15(69)5-59/h13-52,58-65,67-84,89H,2-11H2,1H3,(H,57,66)(H,85,86)(H,87,88)/t13-,14+,15-,16+,17-,18-,19-,20-,21-,22-,23-,24-,25-,26-,27-,28-,29+,30+,31-,32-,33-,34-,35-,36+,37-,38-,39-,40-,41-,42-,43+,44-,45-,46+,47-,48+,49-,50+,51-,52-,55-,56-/m1/s1. The van der Waals surface area contributed by atoms with Crippen LogP contribution in [-0.4, -0.2) is 476 Å². The van der Waals surface area contributed by atoms with Gasteiger partial charge in [-0.3, -0.25) is 4.79 Å². The average molecular weight is 1530 g/mol. The third-order valence-electron chi connectivity index (χ3n) is 18.9. The van der Waals surface area contributed by atoms with E-state index in [4.69, 9.17) is 71.1 Å². The topological polar surface area (TPSA) is 788 Å². The Bertz CT molecular complexity index is 2720. The quantitative estimate of drug-likeness (QED) is 0.0331. The lowest BCUT2D eigenvalue weighted by molar-refractivity contribution is -0.424. The van der Waals surface area contributed by atoms with E-state index in [1.165, 1.54) is 0 Å². The smallest absolute Gasteiger partial charge is 0.364 e. The van der Waals surface area contributed by atoms with Crippen molar-refractivity contribution in [3.63, 3.8) is 0 Å². The second kappa shape index (κ2) is 36.3. The molecule has 604 valence electrons. The minimum Gasteiger partial charge on any atom is -0.477 e. The molecule has 0 aromatic carbocycles. The molecule has 8 rings (SSSR count). The number of aliphatic carboxylic acids is 2. The molecular formula is C56H93NO47. The molecule has 48 heteroatoms. The lowest BCUT2D eigenvalue weighted by atomic mass is 9.89. The Morgan fingerprint density at radius 3 is 1.29 bits per heavy atom. The molecule has 0 radical (unpaired) electrons. The van der Waals surface area contributed by atoms with Crippen LogP contribution in [0.2, 0.25) is 0 Å². The van der Waals surface area contributed by atoms with Crippen LogP contribution in [0.1, 0.15) is 19.8 Å². The minimum absolute atomic E-state index is 0.875. The summed E-state index contributed by atoms with van der Waals surface area (Å²) in [6.45, 7) is -9.58. The number of rotatable bonds is 29. The van der Waals surface area contributed by atoms with Gasteiger partial charge in [0.15, 0.2) is 37.7 Å². The molecule has 8 aliphatic rings. The number of carbonyl (C=O) groups is 3. The Balaban J connectivity index is 1.31. The first kappa shape index (κ1) is 86.3. The zero-order chi connectivity index (χ0) is 77.2. The molecule has 8 aliphatic heterocycles. The number of carboxylic acid groups (broad SMARTS) is 2. The van der Waals surface area contributed by atoms with Crippen LogP contribution in [0.15, 0.2) is 0 Å². The van der Waals surface area contributed by atoms with Crippen molar-refractivity contribution < 1.29 is 234 Å². The van der Waals surface area contributed by atoms with Crippen LogP contribution in [0.3, 0.4) is 0 Å². The second-order valence-corrected chi connectivity index (χ2v) is 26.0. The average Bonchev–Trinajstić information content (AvgIpc) is 0.746. The van der Waals surface area contributed by atoms with Crippen LogP contribution in [0.5, 0.6) is 0 Å². The first-order valence-corrected chi connectivity index (χ1v) is 32.4. The van der Waals surface area contributed by atoms with Gasteiger partial charge in [0.25, 0.3) is 11.6 Å². The monoisotopic (exact) mass is 1530 g/mol. The van der Waals surface area contributed by atoms with Crippen LogP contribution in [0.25, 0.3) is 0 Å². The van der Waals surface area contributed by atoms with E-state index in [1.807, 2.05) is 0 Å². The zero-order valence-corrected chi connectivity index (χ0v) is 54.5. The Labute approximate surface area is 585 Å². The molecule has 0 aromatic rings. The van der Waals surface area contributed by atoms with Crippen LogP contribution < -0.4 is 5.32 Å². The van der Waals surface area contributed by atoms with Crippen molar-refractivity contribution in [2.24, 2.45) is 0 Å². The lowest BCUT2D eigenvalue weighted by Gasteiger charge is -2.53. The fourth-order valence-electron chi connectivity index (χ4n) is 13.2. The first-order chi connectivity index (χ1) is 48.9. The lowest BCUT2D eigenvalue weighted by Crippen LogP contribution is -2.72. The van der Waals surface area contributed by atoms with E-state index in [9.17, 15) is 162 Å². The molecule has 1 amide bonds. The van der Waals surface area contributed by atoms with Crippen molar-refractivity contribution in [3.8, 4) is 0 Å². The fourth-order valence-corrected chi connectivity index (χ4v) is 13.2. The van der Waals surface area contributed by atoms with Gasteiger partial charge in [-0.25, -0.2) is 9.59 Å². The van der Waals surface area contributed by atoms with Crippen LogP contribution in [0, 0.1) is 0 Å². The van der Waals surface area contributed by atoms with E-state index in [-0.39, 0.29) is 0 Å². The molecule has 0 unspecified atom stereocenters. The Morgan fingerprint density at radius 2 is 0.788 bits per heavy atom. The zero-order valence-electron chi connectivity index (χ0n) is 54.5. The van der Waals surface area contributed by atoms with Gasteiger partial charge in [-0.2, -0.15) is 0 Å². The third-order valence-corrected chi connectivity index (χ3v) is 18.9. The highest BCUT2D eigenvalue weighted by atomic mass is 16.8. The van der Waals surface area contributed by atoms with Gasteiger partial charge >= 0.3 is 11.9 Å². The molecule has 0 bridgehead atoms. The summed E-state index contributed by atoms with van der Waals surface area (Å²) in [6, 6.07) is -2.04. The minimum atomic E-state index is -3.70. The molecule has 0 aliphatic carbocycles. The summed E-state index contributed by atoms with van der Waals surface area (Å²) in [4.78, 5) is 39.1. The largest absolute Gasteiger partial charge is 0.477 e. The van der Waals surface area contributed by atoms with Gasteiger partial charge in [0.2, 0.25) is 5.91 Å². The van der Waals surface area contributed by atoms with Gasteiger partial charge in [-0.05, 0) is 0 Å². The third kappa shape index (κ3) is 17.9. The number of ether oxygens (including phenoxy) is 15. The summed E-state index contributed by atoms with van der Waals surface area (Å²) in [7, 11) is 0. The van der Waals surface area contributed by atoms with Crippen molar-refractivity contribution in [2.75, 3.05) is 52.9 Å². The van der Waals surface area contributed by atoms with Gasteiger partial charge < -0.3 is 224 Å². The van der Waals surface area contributed by atoms with Crippen LogP contribution in [0.4, 0.5) is 0 Å². The first-order valence-electron chi connectivity index (χ1n) is 32.4. The normalized spacial score (nSPS) is 48.7. The molecular weight excluding hydrogens is 1440 g/mol. The molecule has 42 atom stereocenters. The number of amides is 1. The molecule has 0 saturated carbocycles. The summed E-state index contributed by atoms with van der Waals surface area (Å²) in [5.41, 5.74) is 0. The predicted molar refractivity (Wildman–Crippen MR) is 310 cm³/mol. The number of nitrogens with one attached hydrogen (secondary N) is 1. The summed E-state index contributed by atoms with van der Waals surface area (Å²) in [6.07, 6.45) is -96.4. The van der Waals surface area contributed by atoms with Crippen LogP contribution >= 0.6 is 0 Å². The van der Waals surface area contributed by atoms with Gasteiger partial charge in [0, 0.05) is 19.8 Å². The summed E-state index contributed by atoms with van der Waals surface area (Å²) in [5.74, 6) is -12.9. The molecule has 48 nitrogen and oxygen atoms in total. The Hall–Kier alpha value is -3.27. The molecule has 8 fully saturated rings. The maximum absolute atomic E-state index is 13.4. The van der Waals surface area contributed by atoms with Crippen molar-refractivity contribution in [2.45, 2.75) is 277 Å². The van der Waals surface area contributed by atoms with Gasteiger partial charge in [-0.15, -0.1) is 0 Å². The predicted octanol–water partition coefficient (Wildman–Crippen LogP) is -19.9. The Morgan fingerprint density at radius 1 is 0.385 bits per heavy atom. The van der Waals surface area contributed by atoms with Crippen molar-refractivity contribution in [3.05, 3.63) is 0 Å². The molecule has 8 heterocycles. The van der Waals surface area contributed by atoms with E-state index >= 15 is 0 Å². The maximum atomic E-state index is 13.4. The van der Waals surface area contributed by atoms with Gasteiger partial charge in [0.05, 0.1) is 65.1 Å². The van der Waals surface area contributed by atoms with Gasteiger partial charge in [0.1, 0.15) is 195 Å². The van der Waals surface area contributed by atoms with Crippen molar-refractivity contribution in [1.82, 2.24) is 5.32 Å². The summed E-state index contributed by atoms with van der Waals surface area (Å²) < 4.78 is 88.2. The maximum Gasteiger partial charge on any atom is 0.364 e. The molecule has 30 N–H and O–H groups in total. The number of aliphatic hydroxyl groups is 27. The van der Waals surface area contributed by atoms with Crippen LogP contribution in [-0.2, 0) is 85.4 Å². The Kier molecular flexibility index (Phi) is 30.1. The number of hydrogen-bond donors (Lipinski definition) is 30. The number of hydrogen-bond acceptors (Lipinski definition) is 45. The van der Waals surface area contributed by atoms with E-state index in [1.54, 1.807) is 0 Å². The van der Waals surface area contributed by atoms with E-state index in [2.05, 4.69) is 5.32 Å². The summed E-state index contributed by atoms with van der Waals surface area (Å²) >= 11 is 0. The molecule has 0 aromatic heterocycles. The van der Waals surface area contributed by atoms with E-state index in [0.29, 0.717) is 0 Å². The second-order valence-electron chi connectivity index (χ2n) is 26.0. The molecule has 8 saturated heterocycles. The number of carbonyl (C=O) groups excluding carboxylic acids is 1. The highest BCUT2D eigenvalue weighted by molar-refractivity contribution is 5.77. The molecule has 104 heavy (non-hydrogen) atoms. The molecule has 0 spiro atoms.